The Hall–Kier alpha value is -3.99. The molecule has 0 spiro atoms. The number of carbonyl (C=O) groups is 1. The lowest BCUT2D eigenvalue weighted by Crippen LogP contribution is -2.29. The van der Waals surface area contributed by atoms with Gasteiger partial charge in [-0.1, -0.05) is 35.9 Å². The van der Waals surface area contributed by atoms with E-state index < -0.39 is 5.91 Å². The van der Waals surface area contributed by atoms with E-state index in [1.54, 1.807) is 6.33 Å². The maximum Gasteiger partial charge on any atom is 0.262 e. The third-order valence-corrected chi connectivity index (χ3v) is 8.01. The maximum absolute atomic E-state index is 12.3. The number of halogens is 1. The van der Waals surface area contributed by atoms with Gasteiger partial charge in [0.2, 0.25) is 5.95 Å². The van der Waals surface area contributed by atoms with Crippen molar-refractivity contribution in [1.82, 2.24) is 24.4 Å². The van der Waals surface area contributed by atoms with Crippen LogP contribution in [-0.4, -0.2) is 64.6 Å². The van der Waals surface area contributed by atoms with E-state index in [1.807, 2.05) is 98.5 Å². The minimum Gasteiger partial charge on any atom is -0.484 e. The molecule has 5 aromatic rings. The van der Waals surface area contributed by atoms with E-state index in [1.165, 1.54) is 11.3 Å². The molecule has 40 heavy (non-hydrogen) atoms. The van der Waals surface area contributed by atoms with E-state index in [9.17, 15) is 4.79 Å². The summed E-state index contributed by atoms with van der Waals surface area (Å²) >= 11 is 7.60. The van der Waals surface area contributed by atoms with Gasteiger partial charge in [-0.25, -0.2) is 15.0 Å². The molecule has 1 unspecified atom stereocenters. The summed E-state index contributed by atoms with van der Waals surface area (Å²) in [7, 11) is 6.07. The van der Waals surface area contributed by atoms with Gasteiger partial charge in [0.05, 0.1) is 11.0 Å². The maximum atomic E-state index is 12.3. The van der Waals surface area contributed by atoms with Crippen LogP contribution in [0.15, 0.2) is 67.3 Å². The fraction of sp³-hybridized carbons (Fsp3) is 0.241. The first-order valence-electron chi connectivity index (χ1n) is 12.7. The molecule has 0 aliphatic rings. The van der Waals surface area contributed by atoms with Gasteiger partial charge in [-0.05, 0) is 44.8 Å². The van der Waals surface area contributed by atoms with E-state index in [-0.39, 0.29) is 6.10 Å². The number of imidazole rings is 1. The average molecular weight is 576 g/mol. The van der Waals surface area contributed by atoms with Crippen molar-refractivity contribution in [2.24, 2.45) is 5.73 Å². The molecule has 0 aliphatic carbocycles. The first-order chi connectivity index (χ1) is 19.2. The van der Waals surface area contributed by atoms with Gasteiger partial charge in [0, 0.05) is 54.7 Å². The average Bonchev–Trinajstić information content (AvgIpc) is 3.55. The van der Waals surface area contributed by atoms with Crippen molar-refractivity contribution in [1.29, 1.82) is 0 Å². The minimum atomic E-state index is -0.555. The number of ether oxygens (including phenoxy) is 1. The highest BCUT2D eigenvalue weighted by atomic mass is 35.5. The van der Waals surface area contributed by atoms with Crippen molar-refractivity contribution in [2.75, 3.05) is 39.1 Å². The number of anilines is 1. The van der Waals surface area contributed by atoms with Gasteiger partial charge >= 0.3 is 0 Å². The van der Waals surface area contributed by atoms with E-state index in [0.29, 0.717) is 21.6 Å². The molecule has 0 fully saturated rings. The highest BCUT2D eigenvalue weighted by molar-refractivity contribution is 7.16. The number of thiophene rings is 1. The largest absolute Gasteiger partial charge is 0.484 e. The second-order valence-corrected chi connectivity index (χ2v) is 11.2. The van der Waals surface area contributed by atoms with Crippen molar-refractivity contribution in [2.45, 2.75) is 13.0 Å². The van der Waals surface area contributed by atoms with Gasteiger partial charge in [-0.2, -0.15) is 0 Å². The Labute approximate surface area is 241 Å². The monoisotopic (exact) mass is 575 g/mol. The summed E-state index contributed by atoms with van der Waals surface area (Å²) in [6.45, 7) is 3.64. The summed E-state index contributed by atoms with van der Waals surface area (Å²) in [4.78, 5) is 30.5. The van der Waals surface area contributed by atoms with E-state index >= 15 is 0 Å². The van der Waals surface area contributed by atoms with Gasteiger partial charge < -0.3 is 20.3 Å². The number of hydrogen-bond acceptors (Lipinski definition) is 8. The highest BCUT2D eigenvalue weighted by Gasteiger charge is 2.21. The van der Waals surface area contributed by atoms with E-state index in [2.05, 4.69) is 19.9 Å². The molecule has 2 aromatic carbocycles. The molecule has 3 aromatic heterocycles. The number of hydrogen-bond donors (Lipinski definition) is 1. The molecule has 0 radical (unpaired) electrons. The Morgan fingerprint density at radius 1 is 1.05 bits per heavy atom. The number of aromatic nitrogens is 4. The lowest BCUT2D eigenvalue weighted by Gasteiger charge is -2.19. The molecule has 0 bridgehead atoms. The quantitative estimate of drug-likeness (QED) is 0.237. The van der Waals surface area contributed by atoms with Crippen LogP contribution < -0.4 is 15.4 Å². The SMILES string of the molecule is CC(Oc1cc(-n2cnc3cc(-c4cnc(N(C)CCN(C)C)nc4)ccc32)sc1C(N)=O)c1ccccc1Cl. The number of amides is 1. The number of benzene rings is 2. The second kappa shape index (κ2) is 11.6. The number of fused-ring (bicyclic) bond motifs is 1. The molecule has 0 saturated heterocycles. The second-order valence-electron chi connectivity index (χ2n) is 9.74. The van der Waals surface area contributed by atoms with Gasteiger partial charge in [0.25, 0.3) is 5.91 Å². The zero-order chi connectivity index (χ0) is 28.4. The number of carbonyl (C=O) groups excluding carboxylic acids is 1. The van der Waals surface area contributed by atoms with Crippen LogP contribution in [0, 0.1) is 0 Å². The van der Waals surface area contributed by atoms with Crippen molar-refractivity contribution < 1.29 is 9.53 Å². The van der Waals surface area contributed by atoms with Crippen molar-refractivity contribution in [3.8, 4) is 21.9 Å². The molecule has 3 heterocycles. The van der Waals surface area contributed by atoms with Crippen molar-refractivity contribution in [3.63, 3.8) is 0 Å². The van der Waals surface area contributed by atoms with Crippen LogP contribution in [0.3, 0.4) is 0 Å². The Morgan fingerprint density at radius 2 is 1.80 bits per heavy atom. The molecule has 0 saturated carbocycles. The van der Waals surface area contributed by atoms with Crippen LogP contribution in [0.25, 0.3) is 27.2 Å². The fourth-order valence-electron chi connectivity index (χ4n) is 4.28. The summed E-state index contributed by atoms with van der Waals surface area (Å²) in [5.74, 6) is 0.534. The molecular weight excluding hydrogens is 546 g/mol. The van der Waals surface area contributed by atoms with Crippen LogP contribution in [-0.2, 0) is 0 Å². The number of nitrogens with two attached hydrogens (primary N) is 1. The number of nitrogens with zero attached hydrogens (tertiary/aromatic N) is 6. The molecule has 206 valence electrons. The zero-order valence-corrected chi connectivity index (χ0v) is 24.3. The van der Waals surface area contributed by atoms with E-state index in [0.717, 1.165) is 45.8 Å². The standard InChI is InChI=1S/C29H30ClN7O2S/c1-18(21-7-5-6-8-22(21)30)39-25-14-26(40-27(25)28(31)38)37-17-34-23-13-19(9-10-24(23)37)20-15-32-29(33-16-20)36(4)12-11-35(2)3/h5-10,13-18H,11-12H2,1-4H3,(H2,31,38). The Bertz CT molecular complexity index is 1650. The third-order valence-electron chi connectivity index (χ3n) is 6.54. The fourth-order valence-corrected chi connectivity index (χ4v) is 5.50. The minimum absolute atomic E-state index is 0.333. The smallest absolute Gasteiger partial charge is 0.262 e. The van der Waals surface area contributed by atoms with E-state index in [4.69, 9.17) is 22.1 Å². The van der Waals surface area contributed by atoms with Gasteiger partial charge in [-0.15, -0.1) is 11.3 Å². The summed E-state index contributed by atoms with van der Waals surface area (Å²) in [6, 6.07) is 15.3. The predicted molar refractivity (Wildman–Crippen MR) is 161 cm³/mol. The molecule has 9 nitrogen and oxygen atoms in total. The molecule has 11 heteroatoms. The Morgan fingerprint density at radius 3 is 2.50 bits per heavy atom. The number of rotatable bonds is 10. The lowest BCUT2D eigenvalue weighted by atomic mass is 10.1. The normalized spacial score (nSPS) is 12.2. The van der Waals surface area contributed by atoms with Gasteiger partial charge in [0.15, 0.2) is 0 Å². The molecule has 1 amide bonds. The number of primary amides is 1. The lowest BCUT2D eigenvalue weighted by molar-refractivity contribution is 0.0998. The predicted octanol–water partition coefficient (Wildman–Crippen LogP) is 5.43. The first-order valence-corrected chi connectivity index (χ1v) is 13.9. The van der Waals surface area contributed by atoms with Crippen LogP contribution in [0.1, 0.15) is 28.3 Å². The molecule has 0 aliphatic heterocycles. The van der Waals surface area contributed by atoms with Crippen LogP contribution >= 0.6 is 22.9 Å². The van der Waals surface area contributed by atoms with Gasteiger partial charge in [0.1, 0.15) is 28.1 Å². The van der Waals surface area contributed by atoms with Crippen LogP contribution in [0.4, 0.5) is 5.95 Å². The molecule has 2 N–H and O–H groups in total. The molecular formula is C29H30ClN7O2S. The topological polar surface area (TPSA) is 102 Å². The van der Waals surface area contributed by atoms with Crippen LogP contribution in [0.2, 0.25) is 5.02 Å². The first kappa shape index (κ1) is 27.6. The van der Waals surface area contributed by atoms with Crippen molar-refractivity contribution in [3.05, 3.63) is 82.7 Å². The summed E-state index contributed by atoms with van der Waals surface area (Å²) < 4.78 is 8.09. The summed E-state index contributed by atoms with van der Waals surface area (Å²) in [6.07, 6.45) is 5.01. The summed E-state index contributed by atoms with van der Waals surface area (Å²) in [5.41, 5.74) is 10.1. The zero-order valence-electron chi connectivity index (χ0n) is 22.7. The highest BCUT2D eigenvalue weighted by Crippen LogP contribution is 2.37. The summed E-state index contributed by atoms with van der Waals surface area (Å²) in [5, 5.41) is 1.36. The molecule has 5 rings (SSSR count). The Kier molecular flexibility index (Phi) is 8.02. The van der Waals surface area contributed by atoms with Crippen LogP contribution in [0.5, 0.6) is 5.75 Å². The van der Waals surface area contributed by atoms with Gasteiger partial charge in [-0.3, -0.25) is 9.36 Å². The number of likely N-dealkylation sites (N-methyl/N-ethyl adjacent to an activating group) is 2. The molecule has 1 atom stereocenters. The van der Waals surface area contributed by atoms with Crippen molar-refractivity contribution >= 4 is 45.8 Å². The Balaban J connectivity index is 1.40. The third kappa shape index (κ3) is 5.79.